The van der Waals surface area contributed by atoms with Gasteiger partial charge in [-0.2, -0.15) is 0 Å². The maximum absolute atomic E-state index is 10.7. The number of carbonyl (C=O) groups is 1. The second-order valence-electron chi connectivity index (χ2n) is 5.25. The van der Waals surface area contributed by atoms with Crippen LogP contribution < -0.4 is 0 Å². The molecule has 0 aromatic carbocycles. The molecule has 0 aromatic rings. The van der Waals surface area contributed by atoms with E-state index in [1.54, 1.807) is 0 Å². The van der Waals surface area contributed by atoms with E-state index < -0.39 is 6.29 Å². The lowest BCUT2D eigenvalue weighted by Gasteiger charge is -2.48. The summed E-state index contributed by atoms with van der Waals surface area (Å²) in [6.45, 7) is 12.7. The van der Waals surface area contributed by atoms with E-state index in [1.807, 2.05) is 0 Å². The molecule has 3 aliphatic rings. The molecule has 0 spiro atoms. The molecule has 18 heavy (non-hydrogen) atoms. The molecule has 100 valence electrons. The molecule has 4 nitrogen and oxygen atoms in total. The molecule has 0 amide bonds. The smallest absolute Gasteiger partial charge is 0.209 e. The number of ether oxygens (including phenoxy) is 3. The molecule has 0 radical (unpaired) electrons. The first kappa shape index (κ1) is 13.3. The zero-order chi connectivity index (χ0) is 13.3. The van der Waals surface area contributed by atoms with Crippen LogP contribution in [0.5, 0.6) is 0 Å². The highest BCUT2D eigenvalue weighted by Gasteiger charge is 2.49. The van der Waals surface area contributed by atoms with Crippen LogP contribution in [-0.2, 0) is 19.0 Å². The predicted molar refractivity (Wildman–Crippen MR) is 66.5 cm³/mol. The Morgan fingerprint density at radius 2 is 2.17 bits per heavy atom. The quantitative estimate of drug-likeness (QED) is 0.556. The van der Waals surface area contributed by atoms with Crippen molar-refractivity contribution in [1.82, 2.24) is 0 Å². The highest BCUT2D eigenvalue weighted by atomic mass is 16.8. The Labute approximate surface area is 108 Å². The molecular formula is C14H20O4. The lowest BCUT2D eigenvalue weighted by Crippen LogP contribution is -2.51. The maximum Gasteiger partial charge on any atom is 0.209 e. The van der Waals surface area contributed by atoms with Gasteiger partial charge in [0.2, 0.25) is 6.29 Å². The van der Waals surface area contributed by atoms with Crippen LogP contribution in [0.2, 0.25) is 0 Å². The molecule has 0 aromatic heterocycles. The van der Waals surface area contributed by atoms with Gasteiger partial charge in [-0.05, 0) is 5.92 Å². The van der Waals surface area contributed by atoms with E-state index in [9.17, 15) is 4.79 Å². The highest BCUT2D eigenvalue weighted by Crippen LogP contribution is 2.46. The van der Waals surface area contributed by atoms with Gasteiger partial charge in [-0.15, -0.1) is 0 Å². The lowest BCUT2D eigenvalue weighted by molar-refractivity contribution is -0.315. The second-order valence-corrected chi connectivity index (χ2v) is 5.25. The van der Waals surface area contributed by atoms with Gasteiger partial charge < -0.3 is 19.0 Å². The first-order valence-corrected chi connectivity index (χ1v) is 6.29. The fourth-order valence-electron chi connectivity index (χ4n) is 2.37. The van der Waals surface area contributed by atoms with Crippen LogP contribution in [0.4, 0.5) is 0 Å². The van der Waals surface area contributed by atoms with Crippen molar-refractivity contribution in [3.05, 3.63) is 24.5 Å². The SMILES string of the molecule is C=C1O[C@@H]2O[C@@H](OCC(C)C)[C@H]1C(=C)C2CC=O. The molecule has 2 bridgehead atoms. The van der Waals surface area contributed by atoms with Gasteiger partial charge in [-0.1, -0.05) is 32.6 Å². The molecule has 3 heterocycles. The number of carbonyl (C=O) groups excluding carboxylic acids is 1. The van der Waals surface area contributed by atoms with Crippen LogP contribution >= 0.6 is 0 Å². The largest absolute Gasteiger partial charge is 0.468 e. The van der Waals surface area contributed by atoms with Crippen LogP contribution in [0, 0.1) is 17.8 Å². The first-order chi connectivity index (χ1) is 8.54. The van der Waals surface area contributed by atoms with Crippen LogP contribution in [0.15, 0.2) is 24.5 Å². The van der Waals surface area contributed by atoms with Gasteiger partial charge in [0, 0.05) is 12.3 Å². The topological polar surface area (TPSA) is 44.8 Å². The minimum Gasteiger partial charge on any atom is -0.468 e. The maximum atomic E-state index is 10.7. The molecule has 4 heteroatoms. The molecule has 0 aliphatic carbocycles. The van der Waals surface area contributed by atoms with Crippen LogP contribution in [0.1, 0.15) is 20.3 Å². The fourth-order valence-corrected chi connectivity index (χ4v) is 2.37. The number of aldehydes is 1. The Kier molecular flexibility index (Phi) is 3.88. The van der Waals surface area contributed by atoms with E-state index in [1.165, 1.54) is 0 Å². The van der Waals surface area contributed by atoms with E-state index in [0.29, 0.717) is 24.7 Å². The van der Waals surface area contributed by atoms with Crippen molar-refractivity contribution in [2.45, 2.75) is 32.8 Å². The van der Waals surface area contributed by atoms with Gasteiger partial charge in [0.1, 0.15) is 12.0 Å². The zero-order valence-corrected chi connectivity index (χ0v) is 10.9. The van der Waals surface area contributed by atoms with Crippen molar-refractivity contribution >= 4 is 6.29 Å². The Morgan fingerprint density at radius 1 is 1.44 bits per heavy atom. The summed E-state index contributed by atoms with van der Waals surface area (Å²) in [6, 6.07) is 0. The molecule has 3 saturated heterocycles. The molecule has 3 fully saturated rings. The summed E-state index contributed by atoms with van der Waals surface area (Å²) in [6.07, 6.45) is 0.367. The molecule has 1 unspecified atom stereocenters. The van der Waals surface area contributed by atoms with Crippen molar-refractivity contribution < 1.29 is 19.0 Å². The Hall–Kier alpha value is -1.13. The van der Waals surface area contributed by atoms with Gasteiger partial charge >= 0.3 is 0 Å². The van der Waals surface area contributed by atoms with Crippen molar-refractivity contribution in [2.75, 3.05) is 6.61 Å². The van der Waals surface area contributed by atoms with E-state index in [2.05, 4.69) is 27.0 Å². The minimum absolute atomic E-state index is 0.0862. The standard InChI is InChI=1S/C14H20O4/c1-8(2)7-16-14-12-9(3)11(5-6-15)13(18-14)17-10(12)4/h6,8,11-14H,3-5,7H2,1-2H3/t11?,12-,13+,14+/m0/s1. The monoisotopic (exact) mass is 252 g/mol. The van der Waals surface area contributed by atoms with Gasteiger partial charge in [0.05, 0.1) is 12.5 Å². The third-order valence-corrected chi connectivity index (χ3v) is 3.30. The Bertz CT molecular complexity index is 361. The average Bonchev–Trinajstić information content (AvgIpc) is 2.30. The molecule has 0 saturated carbocycles. The van der Waals surface area contributed by atoms with Gasteiger partial charge in [-0.25, -0.2) is 0 Å². The Balaban J connectivity index is 2.08. The molecular weight excluding hydrogens is 232 g/mol. The van der Waals surface area contributed by atoms with E-state index in [0.717, 1.165) is 11.9 Å². The number of fused-ring (bicyclic) bond motifs is 3. The van der Waals surface area contributed by atoms with E-state index >= 15 is 0 Å². The fraction of sp³-hybridized carbons (Fsp3) is 0.643. The Morgan fingerprint density at radius 3 is 2.72 bits per heavy atom. The second kappa shape index (κ2) is 5.24. The average molecular weight is 252 g/mol. The van der Waals surface area contributed by atoms with Gasteiger partial charge in [0.15, 0.2) is 6.29 Å². The summed E-state index contributed by atoms with van der Waals surface area (Å²) in [7, 11) is 0. The number of hydrogen-bond acceptors (Lipinski definition) is 4. The number of hydrogen-bond donors (Lipinski definition) is 0. The number of rotatable bonds is 5. The lowest BCUT2D eigenvalue weighted by atomic mass is 9.80. The van der Waals surface area contributed by atoms with Crippen molar-refractivity contribution in [1.29, 1.82) is 0 Å². The molecule has 3 rings (SSSR count). The predicted octanol–water partition coefficient (Wildman–Crippen LogP) is 2.26. The van der Waals surface area contributed by atoms with Crippen molar-refractivity contribution in [3.8, 4) is 0 Å². The minimum atomic E-state index is -0.489. The normalized spacial score (nSPS) is 34.8. The van der Waals surface area contributed by atoms with E-state index in [-0.39, 0.29) is 18.1 Å². The van der Waals surface area contributed by atoms with Crippen molar-refractivity contribution in [3.63, 3.8) is 0 Å². The van der Waals surface area contributed by atoms with Gasteiger partial charge in [0.25, 0.3) is 0 Å². The summed E-state index contributed by atoms with van der Waals surface area (Å²) in [5.74, 6) is 0.810. The molecule has 0 N–H and O–H groups in total. The third-order valence-electron chi connectivity index (χ3n) is 3.30. The summed E-state index contributed by atoms with van der Waals surface area (Å²) in [5.41, 5.74) is 0.934. The summed E-state index contributed by atoms with van der Waals surface area (Å²) in [5, 5.41) is 0. The summed E-state index contributed by atoms with van der Waals surface area (Å²) >= 11 is 0. The van der Waals surface area contributed by atoms with Crippen LogP contribution in [-0.4, -0.2) is 25.5 Å². The zero-order valence-electron chi connectivity index (χ0n) is 10.9. The van der Waals surface area contributed by atoms with E-state index in [4.69, 9.17) is 14.2 Å². The highest BCUT2D eigenvalue weighted by molar-refractivity contribution is 5.51. The summed E-state index contributed by atoms with van der Waals surface area (Å²) in [4.78, 5) is 10.7. The third kappa shape index (κ3) is 2.35. The first-order valence-electron chi connectivity index (χ1n) is 6.29. The summed E-state index contributed by atoms with van der Waals surface area (Å²) < 4.78 is 17.0. The van der Waals surface area contributed by atoms with Gasteiger partial charge in [-0.3, -0.25) is 0 Å². The van der Waals surface area contributed by atoms with Crippen LogP contribution in [0.3, 0.4) is 0 Å². The molecule has 4 atom stereocenters. The van der Waals surface area contributed by atoms with Crippen molar-refractivity contribution in [2.24, 2.45) is 17.8 Å². The molecule has 3 aliphatic heterocycles. The van der Waals surface area contributed by atoms with Crippen LogP contribution in [0.25, 0.3) is 0 Å².